The van der Waals surface area contributed by atoms with Crippen molar-refractivity contribution in [2.45, 2.75) is 38.8 Å². The number of nitrogens with zero attached hydrogens (tertiary/aromatic N) is 4. The summed E-state index contributed by atoms with van der Waals surface area (Å²) in [5.74, 6) is 1.87. The molecule has 1 atom stereocenters. The van der Waals surface area contributed by atoms with E-state index in [-0.39, 0.29) is 5.60 Å². The standard InChI is InChI=1S/C20H34N6O/c1-4-25-9-11-26(12-10-25)18-7-6-17(14-22-18)15-23-19(21-3)24-16-20(2)8-5-13-27-20/h6-7,14H,4-5,8-13,15-16H2,1-3H3,(H2,21,23,24). The van der Waals surface area contributed by atoms with Gasteiger partial charge in [0.1, 0.15) is 5.82 Å². The molecule has 150 valence electrons. The number of likely N-dealkylation sites (N-methyl/N-ethyl adjacent to an activating group) is 1. The normalized spacial score (nSPS) is 24.3. The van der Waals surface area contributed by atoms with Crippen LogP contribution in [0.25, 0.3) is 0 Å². The Kier molecular flexibility index (Phi) is 6.90. The maximum Gasteiger partial charge on any atom is 0.191 e. The molecular formula is C20H34N6O. The third-order valence-electron chi connectivity index (χ3n) is 5.57. The van der Waals surface area contributed by atoms with Crippen LogP contribution < -0.4 is 15.5 Å². The maximum atomic E-state index is 5.82. The highest BCUT2D eigenvalue weighted by atomic mass is 16.5. The van der Waals surface area contributed by atoms with Crippen molar-refractivity contribution in [1.82, 2.24) is 20.5 Å². The van der Waals surface area contributed by atoms with Gasteiger partial charge in [0.15, 0.2) is 5.96 Å². The van der Waals surface area contributed by atoms with Gasteiger partial charge in [-0.15, -0.1) is 0 Å². The molecule has 1 aromatic rings. The van der Waals surface area contributed by atoms with Crippen molar-refractivity contribution in [3.63, 3.8) is 0 Å². The number of anilines is 1. The molecule has 0 bridgehead atoms. The fourth-order valence-corrected chi connectivity index (χ4v) is 3.65. The molecule has 0 aliphatic carbocycles. The van der Waals surface area contributed by atoms with Crippen molar-refractivity contribution in [1.29, 1.82) is 0 Å². The first-order valence-electron chi connectivity index (χ1n) is 10.1. The molecule has 0 spiro atoms. The van der Waals surface area contributed by atoms with E-state index in [1.54, 1.807) is 7.05 Å². The van der Waals surface area contributed by atoms with Gasteiger partial charge in [-0.2, -0.15) is 0 Å². The van der Waals surface area contributed by atoms with Gasteiger partial charge < -0.3 is 25.2 Å². The Morgan fingerprint density at radius 1 is 1.26 bits per heavy atom. The fraction of sp³-hybridized carbons (Fsp3) is 0.700. The number of hydrogen-bond acceptors (Lipinski definition) is 5. The van der Waals surface area contributed by atoms with Crippen molar-refractivity contribution < 1.29 is 4.74 Å². The topological polar surface area (TPSA) is 65.0 Å². The number of ether oxygens (including phenoxy) is 1. The molecule has 0 radical (unpaired) electrons. The molecule has 2 N–H and O–H groups in total. The maximum absolute atomic E-state index is 5.82. The van der Waals surface area contributed by atoms with Crippen LogP contribution in [0, 0.1) is 0 Å². The van der Waals surface area contributed by atoms with E-state index < -0.39 is 0 Å². The van der Waals surface area contributed by atoms with Crippen LogP contribution in [-0.2, 0) is 11.3 Å². The first kappa shape index (κ1) is 19.9. The van der Waals surface area contributed by atoms with E-state index in [1.807, 2.05) is 6.20 Å². The van der Waals surface area contributed by atoms with Gasteiger partial charge in [0.05, 0.1) is 5.60 Å². The lowest BCUT2D eigenvalue weighted by molar-refractivity contribution is 0.0243. The van der Waals surface area contributed by atoms with E-state index in [9.17, 15) is 0 Å². The molecule has 2 aliphatic heterocycles. The number of nitrogens with one attached hydrogen (secondary N) is 2. The van der Waals surface area contributed by atoms with Crippen LogP contribution in [0.15, 0.2) is 23.3 Å². The molecule has 3 rings (SSSR count). The second kappa shape index (κ2) is 9.37. The number of piperazine rings is 1. The van der Waals surface area contributed by atoms with Gasteiger partial charge >= 0.3 is 0 Å². The highest BCUT2D eigenvalue weighted by Crippen LogP contribution is 2.23. The summed E-state index contributed by atoms with van der Waals surface area (Å²) in [4.78, 5) is 13.8. The third kappa shape index (κ3) is 5.56. The Balaban J connectivity index is 1.45. The SMILES string of the molecule is CCN1CCN(c2ccc(CNC(=NC)NCC3(C)CCCO3)cn2)CC1. The van der Waals surface area contributed by atoms with Gasteiger partial charge in [-0.25, -0.2) is 4.98 Å². The Morgan fingerprint density at radius 2 is 2.07 bits per heavy atom. The van der Waals surface area contributed by atoms with Crippen LogP contribution >= 0.6 is 0 Å². The predicted molar refractivity (Wildman–Crippen MR) is 110 cm³/mol. The first-order chi connectivity index (χ1) is 13.1. The third-order valence-corrected chi connectivity index (χ3v) is 5.57. The first-order valence-corrected chi connectivity index (χ1v) is 10.1. The number of hydrogen-bond donors (Lipinski definition) is 2. The summed E-state index contributed by atoms with van der Waals surface area (Å²) in [7, 11) is 1.80. The summed E-state index contributed by atoms with van der Waals surface area (Å²) in [6.45, 7) is 12.2. The second-order valence-electron chi connectivity index (χ2n) is 7.63. The van der Waals surface area contributed by atoms with Gasteiger partial charge in [0.2, 0.25) is 0 Å². The average Bonchev–Trinajstić information content (AvgIpc) is 3.15. The minimum Gasteiger partial charge on any atom is -0.373 e. The summed E-state index contributed by atoms with van der Waals surface area (Å²) in [5.41, 5.74) is 1.07. The lowest BCUT2D eigenvalue weighted by atomic mass is 10.0. The number of aromatic nitrogens is 1. The van der Waals surface area contributed by atoms with Gasteiger partial charge in [-0.3, -0.25) is 4.99 Å². The van der Waals surface area contributed by atoms with Crippen LogP contribution in [0.4, 0.5) is 5.82 Å². The highest BCUT2D eigenvalue weighted by Gasteiger charge is 2.29. The zero-order valence-corrected chi connectivity index (χ0v) is 17.0. The Morgan fingerprint density at radius 3 is 2.67 bits per heavy atom. The molecule has 3 heterocycles. The van der Waals surface area contributed by atoms with E-state index in [2.05, 4.69) is 56.4 Å². The Hall–Kier alpha value is -1.86. The van der Waals surface area contributed by atoms with Gasteiger partial charge in [0.25, 0.3) is 0 Å². The Bertz CT molecular complexity index is 603. The number of rotatable bonds is 6. The molecule has 1 unspecified atom stereocenters. The summed E-state index contributed by atoms with van der Waals surface area (Å²) >= 11 is 0. The summed E-state index contributed by atoms with van der Waals surface area (Å²) in [5, 5.41) is 6.74. The van der Waals surface area contributed by atoms with Crippen molar-refractivity contribution in [2.24, 2.45) is 4.99 Å². The van der Waals surface area contributed by atoms with Crippen LogP contribution in [-0.4, -0.2) is 74.4 Å². The molecule has 0 amide bonds. The van der Waals surface area contributed by atoms with E-state index >= 15 is 0 Å². The van der Waals surface area contributed by atoms with Crippen molar-refractivity contribution in [3.05, 3.63) is 23.9 Å². The molecule has 2 saturated heterocycles. The zero-order chi connectivity index (χ0) is 19.1. The van der Waals surface area contributed by atoms with Gasteiger partial charge in [-0.05, 0) is 37.9 Å². The van der Waals surface area contributed by atoms with E-state index in [4.69, 9.17) is 4.74 Å². The monoisotopic (exact) mass is 374 g/mol. The molecule has 7 nitrogen and oxygen atoms in total. The van der Waals surface area contributed by atoms with Crippen molar-refractivity contribution in [3.8, 4) is 0 Å². The zero-order valence-electron chi connectivity index (χ0n) is 17.0. The van der Waals surface area contributed by atoms with Crippen LogP contribution in [0.5, 0.6) is 0 Å². The molecular weight excluding hydrogens is 340 g/mol. The highest BCUT2D eigenvalue weighted by molar-refractivity contribution is 5.79. The number of pyridine rings is 1. The van der Waals surface area contributed by atoms with Crippen molar-refractivity contribution >= 4 is 11.8 Å². The predicted octanol–water partition coefficient (Wildman–Crippen LogP) is 1.46. The minimum absolute atomic E-state index is 0.0807. The molecule has 2 aliphatic rings. The lowest BCUT2D eigenvalue weighted by Gasteiger charge is -2.34. The quantitative estimate of drug-likeness (QED) is 0.581. The minimum atomic E-state index is -0.0807. The smallest absolute Gasteiger partial charge is 0.191 e. The average molecular weight is 375 g/mol. The lowest BCUT2D eigenvalue weighted by Crippen LogP contribution is -2.46. The molecule has 7 heteroatoms. The van der Waals surface area contributed by atoms with Gasteiger partial charge in [-0.1, -0.05) is 13.0 Å². The summed E-state index contributed by atoms with van der Waals surface area (Å²) in [6.07, 6.45) is 4.19. The second-order valence-corrected chi connectivity index (χ2v) is 7.63. The summed E-state index contributed by atoms with van der Waals surface area (Å²) in [6, 6.07) is 4.28. The van der Waals surface area contributed by atoms with E-state index in [1.165, 1.54) is 0 Å². The Labute approximate surface area is 163 Å². The van der Waals surface area contributed by atoms with Crippen LogP contribution in [0.3, 0.4) is 0 Å². The van der Waals surface area contributed by atoms with Crippen LogP contribution in [0.1, 0.15) is 32.3 Å². The van der Waals surface area contributed by atoms with E-state index in [0.717, 1.165) is 76.1 Å². The summed E-state index contributed by atoms with van der Waals surface area (Å²) < 4.78 is 5.82. The van der Waals surface area contributed by atoms with Crippen LogP contribution in [0.2, 0.25) is 0 Å². The molecule has 0 aromatic carbocycles. The molecule has 27 heavy (non-hydrogen) atoms. The fourth-order valence-electron chi connectivity index (χ4n) is 3.65. The van der Waals surface area contributed by atoms with Crippen molar-refractivity contribution in [2.75, 3.05) is 57.8 Å². The molecule has 2 fully saturated rings. The molecule has 1 aromatic heterocycles. The van der Waals surface area contributed by atoms with Gasteiger partial charge in [0, 0.05) is 59.1 Å². The largest absolute Gasteiger partial charge is 0.373 e. The number of aliphatic imine (C=N–C) groups is 1. The number of guanidine groups is 1. The van der Waals surface area contributed by atoms with E-state index in [0.29, 0.717) is 6.54 Å². The molecule has 0 saturated carbocycles.